The van der Waals surface area contributed by atoms with Crippen LogP contribution in [0.1, 0.15) is 38.4 Å². The highest BCUT2D eigenvalue weighted by atomic mass is 16.3. The molecule has 4 nitrogen and oxygen atoms in total. The molecular formula is C17H27N3O. The molecule has 0 radical (unpaired) electrons. The number of furan rings is 1. The van der Waals surface area contributed by atoms with Crippen LogP contribution in [-0.2, 0) is 6.42 Å². The minimum atomic E-state index is 0.793. The number of fused-ring (bicyclic) bond motifs is 1. The maximum atomic E-state index is 5.37. The van der Waals surface area contributed by atoms with Crippen molar-refractivity contribution in [3.63, 3.8) is 0 Å². The summed E-state index contributed by atoms with van der Waals surface area (Å²) in [5.74, 6) is 3.91. The van der Waals surface area contributed by atoms with E-state index >= 15 is 0 Å². The maximum Gasteiger partial charge on any atom is 0.193 e. The third kappa shape index (κ3) is 3.60. The molecule has 0 bridgehead atoms. The molecule has 1 aliphatic heterocycles. The third-order valence-electron chi connectivity index (χ3n) is 4.81. The predicted octanol–water partition coefficient (Wildman–Crippen LogP) is 2.91. The van der Waals surface area contributed by atoms with Crippen LogP contribution in [0.15, 0.2) is 27.8 Å². The molecule has 2 aliphatic rings. The van der Waals surface area contributed by atoms with Crippen molar-refractivity contribution in [3.05, 3.63) is 24.2 Å². The second kappa shape index (κ2) is 7.01. The molecule has 1 N–H and O–H groups in total. The Labute approximate surface area is 127 Å². The van der Waals surface area contributed by atoms with Gasteiger partial charge < -0.3 is 14.6 Å². The van der Waals surface area contributed by atoms with Crippen molar-refractivity contribution in [1.82, 2.24) is 10.2 Å². The number of nitrogens with one attached hydrogen (secondary N) is 1. The van der Waals surface area contributed by atoms with Gasteiger partial charge in [0.2, 0.25) is 0 Å². The molecule has 2 fully saturated rings. The zero-order valence-corrected chi connectivity index (χ0v) is 13.1. The van der Waals surface area contributed by atoms with Crippen LogP contribution in [0, 0.1) is 11.8 Å². The fourth-order valence-corrected chi connectivity index (χ4v) is 3.73. The zero-order chi connectivity index (χ0) is 14.5. The zero-order valence-electron chi connectivity index (χ0n) is 13.1. The van der Waals surface area contributed by atoms with Crippen LogP contribution in [-0.4, -0.2) is 37.0 Å². The molecular weight excluding hydrogens is 262 g/mol. The maximum absolute atomic E-state index is 5.37. The number of rotatable bonds is 4. The molecule has 21 heavy (non-hydrogen) atoms. The summed E-state index contributed by atoms with van der Waals surface area (Å²) in [6.45, 7) is 6.26. The molecule has 1 aromatic heterocycles. The van der Waals surface area contributed by atoms with Crippen LogP contribution < -0.4 is 5.32 Å². The van der Waals surface area contributed by atoms with E-state index in [-0.39, 0.29) is 0 Å². The summed E-state index contributed by atoms with van der Waals surface area (Å²) in [5, 5.41) is 3.46. The molecule has 3 rings (SSSR count). The van der Waals surface area contributed by atoms with Crippen molar-refractivity contribution < 1.29 is 4.42 Å². The highest BCUT2D eigenvalue weighted by Crippen LogP contribution is 2.35. The van der Waals surface area contributed by atoms with Crippen molar-refractivity contribution in [2.24, 2.45) is 16.8 Å². The van der Waals surface area contributed by atoms with Gasteiger partial charge in [-0.15, -0.1) is 0 Å². The summed E-state index contributed by atoms with van der Waals surface area (Å²) in [6.07, 6.45) is 8.26. The molecule has 1 aliphatic carbocycles. The summed E-state index contributed by atoms with van der Waals surface area (Å²) < 4.78 is 5.37. The average molecular weight is 289 g/mol. The Morgan fingerprint density at radius 2 is 2.10 bits per heavy atom. The van der Waals surface area contributed by atoms with Crippen molar-refractivity contribution in [3.8, 4) is 0 Å². The molecule has 0 aromatic carbocycles. The summed E-state index contributed by atoms with van der Waals surface area (Å²) in [4.78, 5) is 7.28. The number of nitrogens with zero attached hydrogens (tertiary/aromatic N) is 2. The van der Waals surface area contributed by atoms with E-state index in [1.165, 1.54) is 38.8 Å². The molecule has 1 saturated heterocycles. The lowest BCUT2D eigenvalue weighted by Crippen LogP contribution is -2.40. The van der Waals surface area contributed by atoms with Gasteiger partial charge in [0.1, 0.15) is 5.76 Å². The van der Waals surface area contributed by atoms with E-state index in [4.69, 9.17) is 9.41 Å². The van der Waals surface area contributed by atoms with E-state index in [1.807, 2.05) is 12.1 Å². The van der Waals surface area contributed by atoms with Gasteiger partial charge in [-0.05, 0) is 43.7 Å². The Balaban J connectivity index is 1.58. The molecule has 1 saturated carbocycles. The molecule has 1 aromatic rings. The SMILES string of the molecule is CCNC(=NCCc1ccco1)N1CC2CCCCC2C1. The van der Waals surface area contributed by atoms with E-state index in [2.05, 4.69) is 17.1 Å². The second-order valence-electron chi connectivity index (χ2n) is 6.27. The lowest BCUT2D eigenvalue weighted by atomic mass is 9.82. The number of aliphatic imine (C=N–C) groups is 1. The highest BCUT2D eigenvalue weighted by Gasteiger charge is 2.35. The second-order valence-corrected chi connectivity index (χ2v) is 6.27. The van der Waals surface area contributed by atoms with Crippen LogP contribution in [0.4, 0.5) is 0 Å². The molecule has 0 amide bonds. The topological polar surface area (TPSA) is 40.8 Å². The Bertz CT molecular complexity index is 441. The minimum Gasteiger partial charge on any atom is -0.469 e. The van der Waals surface area contributed by atoms with Crippen LogP contribution in [0.25, 0.3) is 0 Å². The van der Waals surface area contributed by atoms with E-state index in [9.17, 15) is 0 Å². The number of likely N-dealkylation sites (tertiary alicyclic amines) is 1. The fourth-order valence-electron chi connectivity index (χ4n) is 3.73. The van der Waals surface area contributed by atoms with Crippen molar-refractivity contribution in [2.75, 3.05) is 26.2 Å². The summed E-state index contributed by atoms with van der Waals surface area (Å²) in [6, 6.07) is 3.96. The van der Waals surface area contributed by atoms with E-state index < -0.39 is 0 Å². The number of hydrogen-bond donors (Lipinski definition) is 1. The van der Waals surface area contributed by atoms with Gasteiger partial charge in [0.25, 0.3) is 0 Å². The summed E-state index contributed by atoms with van der Waals surface area (Å²) >= 11 is 0. The van der Waals surface area contributed by atoms with Crippen LogP contribution in [0.5, 0.6) is 0 Å². The van der Waals surface area contributed by atoms with Gasteiger partial charge in [-0.3, -0.25) is 4.99 Å². The van der Waals surface area contributed by atoms with Crippen molar-refractivity contribution >= 4 is 5.96 Å². The lowest BCUT2D eigenvalue weighted by molar-refractivity contribution is 0.299. The number of guanidine groups is 1. The predicted molar refractivity (Wildman–Crippen MR) is 85.4 cm³/mol. The van der Waals surface area contributed by atoms with Gasteiger partial charge in [0.05, 0.1) is 6.26 Å². The third-order valence-corrected chi connectivity index (χ3v) is 4.81. The van der Waals surface area contributed by atoms with Crippen LogP contribution in [0.2, 0.25) is 0 Å². The summed E-state index contributed by atoms with van der Waals surface area (Å²) in [7, 11) is 0. The van der Waals surface area contributed by atoms with Gasteiger partial charge in [-0.1, -0.05) is 12.8 Å². The normalized spacial score (nSPS) is 26.0. The van der Waals surface area contributed by atoms with Gasteiger partial charge in [0.15, 0.2) is 5.96 Å². The van der Waals surface area contributed by atoms with Crippen molar-refractivity contribution in [1.29, 1.82) is 0 Å². The monoisotopic (exact) mass is 289 g/mol. The van der Waals surface area contributed by atoms with E-state index in [0.717, 1.165) is 43.1 Å². The van der Waals surface area contributed by atoms with Gasteiger partial charge in [0, 0.05) is 32.6 Å². The Kier molecular flexibility index (Phi) is 4.84. The van der Waals surface area contributed by atoms with Crippen molar-refractivity contribution in [2.45, 2.75) is 39.0 Å². The van der Waals surface area contributed by atoms with E-state index in [0.29, 0.717) is 0 Å². The standard InChI is InChI=1S/C17H27N3O/c1-2-18-17(19-10-9-16-8-5-11-21-16)20-12-14-6-3-4-7-15(14)13-20/h5,8,11,14-15H,2-4,6-7,9-10,12-13H2,1H3,(H,18,19). The van der Waals surface area contributed by atoms with Gasteiger partial charge in [-0.25, -0.2) is 0 Å². The first-order chi connectivity index (χ1) is 10.4. The summed E-state index contributed by atoms with van der Waals surface area (Å²) in [5.41, 5.74) is 0. The minimum absolute atomic E-state index is 0.793. The smallest absolute Gasteiger partial charge is 0.193 e. The lowest BCUT2D eigenvalue weighted by Gasteiger charge is -2.22. The average Bonchev–Trinajstić information content (AvgIpc) is 3.15. The fraction of sp³-hybridized carbons (Fsp3) is 0.706. The number of hydrogen-bond acceptors (Lipinski definition) is 2. The first kappa shape index (κ1) is 14.5. The Hall–Kier alpha value is -1.45. The van der Waals surface area contributed by atoms with Gasteiger partial charge in [-0.2, -0.15) is 0 Å². The largest absolute Gasteiger partial charge is 0.469 e. The van der Waals surface area contributed by atoms with Gasteiger partial charge >= 0.3 is 0 Å². The van der Waals surface area contributed by atoms with Crippen LogP contribution >= 0.6 is 0 Å². The van der Waals surface area contributed by atoms with Crippen LogP contribution in [0.3, 0.4) is 0 Å². The molecule has 4 heteroatoms. The molecule has 2 unspecified atom stereocenters. The molecule has 2 heterocycles. The van der Waals surface area contributed by atoms with E-state index in [1.54, 1.807) is 6.26 Å². The first-order valence-electron chi connectivity index (χ1n) is 8.42. The highest BCUT2D eigenvalue weighted by molar-refractivity contribution is 5.80. The molecule has 2 atom stereocenters. The Morgan fingerprint density at radius 1 is 1.33 bits per heavy atom. The molecule has 0 spiro atoms. The first-order valence-corrected chi connectivity index (χ1v) is 8.42. The molecule has 116 valence electrons. The Morgan fingerprint density at radius 3 is 2.71 bits per heavy atom. The quantitative estimate of drug-likeness (QED) is 0.684.